The van der Waals surface area contributed by atoms with Crippen molar-refractivity contribution in [3.8, 4) is 0 Å². The molecule has 1 aliphatic rings. The van der Waals surface area contributed by atoms with Crippen molar-refractivity contribution in [2.45, 2.75) is 12.6 Å². The molecule has 0 aliphatic carbocycles. The lowest BCUT2D eigenvalue weighted by molar-refractivity contribution is 0.0753. The zero-order valence-corrected chi connectivity index (χ0v) is 10.7. The van der Waals surface area contributed by atoms with Gasteiger partial charge in [-0.25, -0.2) is 11.4 Å². The molecular weight excluding hydrogens is 242 g/mol. The predicted octanol–water partition coefficient (Wildman–Crippen LogP) is 1.52. The van der Waals surface area contributed by atoms with Crippen molar-refractivity contribution in [1.82, 2.24) is 10.2 Å². The summed E-state index contributed by atoms with van der Waals surface area (Å²) in [7, 11) is 0. The molecule has 0 saturated carbocycles. The molecule has 0 spiro atoms. The van der Waals surface area contributed by atoms with Gasteiger partial charge >= 0.3 is 6.09 Å². The van der Waals surface area contributed by atoms with E-state index in [1.165, 1.54) is 0 Å². The molecule has 0 bridgehead atoms. The van der Waals surface area contributed by atoms with Gasteiger partial charge in [0.1, 0.15) is 12.6 Å². The minimum Gasteiger partial charge on any atom is -0.445 e. The van der Waals surface area contributed by atoms with Gasteiger partial charge in [0, 0.05) is 19.6 Å². The first-order chi connectivity index (χ1) is 9.31. The summed E-state index contributed by atoms with van der Waals surface area (Å²) in [4.78, 5) is 17.1. The number of rotatable bonds is 3. The van der Waals surface area contributed by atoms with Crippen LogP contribution in [0.15, 0.2) is 30.3 Å². The minimum absolute atomic E-state index is 0.0884. The summed E-state index contributed by atoms with van der Waals surface area (Å²) >= 11 is 0. The van der Waals surface area contributed by atoms with E-state index in [1.54, 1.807) is 4.90 Å². The van der Waals surface area contributed by atoms with Crippen LogP contribution in [0.1, 0.15) is 5.56 Å². The largest absolute Gasteiger partial charge is 0.445 e. The second-order valence-electron chi connectivity index (χ2n) is 4.43. The lowest BCUT2D eigenvalue weighted by atomic mass is 10.2. The van der Waals surface area contributed by atoms with Crippen LogP contribution in [0, 0.1) is 6.57 Å². The van der Waals surface area contributed by atoms with Crippen LogP contribution in [0.5, 0.6) is 0 Å². The van der Waals surface area contributed by atoms with Gasteiger partial charge < -0.3 is 14.9 Å². The fraction of sp³-hybridized carbons (Fsp3) is 0.429. The summed E-state index contributed by atoms with van der Waals surface area (Å²) in [6.45, 7) is 9.50. The molecule has 1 heterocycles. The molecule has 19 heavy (non-hydrogen) atoms. The molecule has 0 radical (unpaired) electrons. The summed E-state index contributed by atoms with van der Waals surface area (Å²) in [6.07, 6.45) is -0.334. The molecule has 0 unspecified atom stereocenters. The van der Waals surface area contributed by atoms with Crippen LogP contribution < -0.4 is 5.32 Å². The standard InChI is InChI=1S/C14H17N3O2/c1-15-9-13-10-16-7-8-17(13)14(18)19-11-12-5-3-2-4-6-12/h2-6,13,16H,7-11H2/t13-/m0/s1. The van der Waals surface area contributed by atoms with E-state index in [2.05, 4.69) is 10.2 Å². The number of nitrogens with zero attached hydrogens (tertiary/aromatic N) is 2. The van der Waals surface area contributed by atoms with E-state index >= 15 is 0 Å². The molecular formula is C14H17N3O2. The topological polar surface area (TPSA) is 45.9 Å². The zero-order valence-electron chi connectivity index (χ0n) is 10.7. The second kappa shape index (κ2) is 6.76. The highest BCUT2D eigenvalue weighted by atomic mass is 16.6. The molecule has 1 aromatic carbocycles. The molecule has 1 aliphatic heterocycles. The number of amides is 1. The van der Waals surface area contributed by atoms with Crippen molar-refractivity contribution in [3.05, 3.63) is 47.3 Å². The lowest BCUT2D eigenvalue weighted by Gasteiger charge is -2.32. The number of piperazine rings is 1. The van der Waals surface area contributed by atoms with Gasteiger partial charge in [-0.05, 0) is 5.56 Å². The quantitative estimate of drug-likeness (QED) is 0.837. The molecule has 1 N–H and O–H groups in total. The van der Waals surface area contributed by atoms with Crippen LogP contribution >= 0.6 is 0 Å². The molecule has 5 heteroatoms. The molecule has 1 atom stereocenters. The van der Waals surface area contributed by atoms with Gasteiger partial charge in [0.2, 0.25) is 6.54 Å². The van der Waals surface area contributed by atoms with Crippen molar-refractivity contribution in [1.29, 1.82) is 0 Å². The summed E-state index contributed by atoms with van der Waals surface area (Å²) in [5, 5.41) is 3.19. The van der Waals surface area contributed by atoms with Crippen molar-refractivity contribution in [2.75, 3.05) is 26.2 Å². The summed E-state index contributed by atoms with van der Waals surface area (Å²) in [6, 6.07) is 9.50. The normalized spacial score (nSPS) is 18.7. The van der Waals surface area contributed by atoms with E-state index < -0.39 is 0 Å². The van der Waals surface area contributed by atoms with Crippen LogP contribution in [0.25, 0.3) is 4.85 Å². The van der Waals surface area contributed by atoms with Crippen LogP contribution in [-0.4, -0.2) is 43.2 Å². The Bertz CT molecular complexity index is 456. The van der Waals surface area contributed by atoms with Gasteiger partial charge in [-0.2, -0.15) is 0 Å². The van der Waals surface area contributed by atoms with Crippen molar-refractivity contribution < 1.29 is 9.53 Å². The third-order valence-corrected chi connectivity index (χ3v) is 3.09. The van der Waals surface area contributed by atoms with Crippen molar-refractivity contribution in [3.63, 3.8) is 0 Å². The Balaban J connectivity index is 1.89. The Morgan fingerprint density at radius 2 is 2.26 bits per heavy atom. The average Bonchev–Trinajstić information content (AvgIpc) is 2.47. The fourth-order valence-electron chi connectivity index (χ4n) is 2.07. The van der Waals surface area contributed by atoms with Gasteiger partial charge in [0.05, 0.1) is 0 Å². The first kappa shape index (κ1) is 13.4. The smallest absolute Gasteiger partial charge is 0.410 e. The molecule has 5 nitrogen and oxygen atoms in total. The maximum Gasteiger partial charge on any atom is 0.410 e. The highest BCUT2D eigenvalue weighted by Crippen LogP contribution is 2.09. The molecule has 1 fully saturated rings. The first-order valence-electron chi connectivity index (χ1n) is 6.32. The average molecular weight is 259 g/mol. The zero-order chi connectivity index (χ0) is 13.5. The van der Waals surface area contributed by atoms with Crippen molar-refractivity contribution >= 4 is 6.09 Å². The molecule has 0 aromatic heterocycles. The van der Waals surface area contributed by atoms with Gasteiger partial charge in [-0.1, -0.05) is 30.3 Å². The molecule has 1 amide bonds. The summed E-state index contributed by atoms with van der Waals surface area (Å²) < 4.78 is 5.30. The number of benzene rings is 1. The van der Waals surface area contributed by atoms with E-state index in [0.717, 1.165) is 12.1 Å². The summed E-state index contributed by atoms with van der Waals surface area (Å²) in [5.41, 5.74) is 0.965. The number of carbonyl (C=O) groups is 1. The highest BCUT2D eigenvalue weighted by molar-refractivity contribution is 5.68. The monoisotopic (exact) mass is 259 g/mol. The fourth-order valence-corrected chi connectivity index (χ4v) is 2.07. The van der Waals surface area contributed by atoms with Crippen LogP contribution in [-0.2, 0) is 11.3 Å². The number of nitrogens with one attached hydrogen (secondary N) is 1. The number of ether oxygens (including phenoxy) is 1. The van der Waals surface area contributed by atoms with Crippen LogP contribution in [0.4, 0.5) is 4.79 Å². The highest BCUT2D eigenvalue weighted by Gasteiger charge is 2.29. The van der Waals surface area contributed by atoms with Crippen LogP contribution in [0.2, 0.25) is 0 Å². The molecule has 1 saturated heterocycles. The number of hydrogen-bond donors (Lipinski definition) is 1. The Kier molecular flexibility index (Phi) is 4.76. The Labute approximate surface area is 113 Å². The molecule has 2 rings (SSSR count). The maximum atomic E-state index is 12.0. The Morgan fingerprint density at radius 3 is 3.00 bits per heavy atom. The second-order valence-corrected chi connectivity index (χ2v) is 4.43. The Morgan fingerprint density at radius 1 is 1.47 bits per heavy atom. The van der Waals surface area contributed by atoms with Crippen LogP contribution in [0.3, 0.4) is 0 Å². The molecule has 100 valence electrons. The third-order valence-electron chi connectivity index (χ3n) is 3.09. The maximum absolute atomic E-state index is 12.0. The minimum atomic E-state index is -0.334. The van der Waals surface area contributed by atoms with Gasteiger partial charge in [-0.3, -0.25) is 4.90 Å². The number of hydrogen-bond acceptors (Lipinski definition) is 3. The third kappa shape index (κ3) is 3.70. The lowest BCUT2D eigenvalue weighted by Crippen LogP contribution is -2.54. The predicted molar refractivity (Wildman–Crippen MR) is 71.5 cm³/mol. The Hall–Kier alpha value is -2.06. The van der Waals surface area contributed by atoms with Gasteiger partial charge in [0.15, 0.2) is 0 Å². The van der Waals surface area contributed by atoms with E-state index in [9.17, 15) is 4.79 Å². The molecule has 1 aromatic rings. The van der Waals surface area contributed by atoms with E-state index in [1.807, 2.05) is 30.3 Å². The van der Waals surface area contributed by atoms with Crippen molar-refractivity contribution in [2.24, 2.45) is 0 Å². The number of carbonyl (C=O) groups excluding carboxylic acids is 1. The van der Waals surface area contributed by atoms with E-state index in [-0.39, 0.29) is 18.7 Å². The first-order valence-corrected chi connectivity index (χ1v) is 6.32. The van der Waals surface area contributed by atoms with Gasteiger partial charge in [-0.15, -0.1) is 0 Å². The van der Waals surface area contributed by atoms with E-state index in [4.69, 9.17) is 11.3 Å². The van der Waals surface area contributed by atoms with E-state index in [0.29, 0.717) is 19.6 Å². The SMILES string of the molecule is [C-]#[N+]C[C@H]1CNCCN1C(=O)OCc1ccccc1. The summed E-state index contributed by atoms with van der Waals surface area (Å²) in [5.74, 6) is 0. The van der Waals surface area contributed by atoms with Gasteiger partial charge in [0.25, 0.3) is 0 Å².